The minimum absolute atomic E-state index is 0.00330. The van der Waals surface area contributed by atoms with E-state index >= 15 is 0 Å². The molecule has 2 heteroatoms. The van der Waals surface area contributed by atoms with E-state index in [1.54, 1.807) is 0 Å². The normalized spacial score (nSPS) is 47.1. The SMILES string of the molecule is C=C(C)C.CCCC1(C)C(C(C)C=O)CCC2(C)C1CCC1C3CCCC3(C=O)CC[C@]12C. The third-order valence-electron chi connectivity index (χ3n) is 11.6. The van der Waals surface area contributed by atoms with E-state index in [4.69, 9.17) is 0 Å². The first-order valence-corrected chi connectivity index (χ1v) is 14.0. The Labute approximate surface area is 204 Å². The van der Waals surface area contributed by atoms with Crippen LogP contribution in [0.15, 0.2) is 12.2 Å². The average molecular weight is 457 g/mol. The highest BCUT2D eigenvalue weighted by Crippen LogP contribution is 2.75. The van der Waals surface area contributed by atoms with Gasteiger partial charge < -0.3 is 9.59 Å². The highest BCUT2D eigenvalue weighted by atomic mass is 16.1. The molecule has 8 unspecified atom stereocenters. The molecule has 33 heavy (non-hydrogen) atoms. The van der Waals surface area contributed by atoms with Gasteiger partial charge in [0.1, 0.15) is 12.6 Å². The van der Waals surface area contributed by atoms with Gasteiger partial charge in [0.05, 0.1) is 0 Å². The molecule has 0 aromatic heterocycles. The maximum Gasteiger partial charge on any atom is 0.126 e. The van der Waals surface area contributed by atoms with Crippen LogP contribution >= 0.6 is 0 Å². The quantitative estimate of drug-likeness (QED) is 0.307. The zero-order valence-corrected chi connectivity index (χ0v) is 22.8. The van der Waals surface area contributed by atoms with Crippen molar-refractivity contribution in [2.45, 2.75) is 119 Å². The number of allylic oxidation sites excluding steroid dienone is 1. The molecule has 0 aromatic carbocycles. The Morgan fingerprint density at radius 1 is 0.939 bits per heavy atom. The van der Waals surface area contributed by atoms with Crippen molar-refractivity contribution in [3.8, 4) is 0 Å². The Morgan fingerprint density at radius 3 is 2.18 bits per heavy atom. The summed E-state index contributed by atoms with van der Waals surface area (Å²) in [5, 5.41) is 0. The number of carbonyl (C=O) groups excluding carboxylic acids is 2. The lowest BCUT2D eigenvalue weighted by Gasteiger charge is -2.70. The van der Waals surface area contributed by atoms with Crippen LogP contribution in [0, 0.1) is 51.2 Å². The van der Waals surface area contributed by atoms with Crippen molar-refractivity contribution in [1.29, 1.82) is 0 Å². The van der Waals surface area contributed by atoms with Crippen LogP contribution < -0.4 is 0 Å². The van der Waals surface area contributed by atoms with E-state index in [2.05, 4.69) is 41.2 Å². The van der Waals surface area contributed by atoms with E-state index in [1.807, 2.05) is 13.8 Å². The van der Waals surface area contributed by atoms with E-state index in [-0.39, 0.29) is 16.7 Å². The third-order valence-corrected chi connectivity index (χ3v) is 11.6. The summed E-state index contributed by atoms with van der Waals surface area (Å²) in [6.07, 6.45) is 16.2. The zero-order valence-electron chi connectivity index (χ0n) is 22.8. The highest BCUT2D eigenvalue weighted by Gasteiger charge is 2.68. The standard InChI is InChI=1S/C27H44O2.C4H8/c1-6-12-24(3)20(19(2)17-28)11-14-26(5)23(24)10-9-21-22-8-7-13-27(22,18-29)16-15-25(21,26)4;1-4(2)3/h17-23H,6-16H2,1-5H3;1H2,2-3H3/t19?,20?,21?,22?,23?,24?,25-,26?,27?;/m1./s1. The molecule has 0 N–H and O–H groups in total. The van der Waals surface area contributed by atoms with Gasteiger partial charge in [-0.25, -0.2) is 0 Å². The smallest absolute Gasteiger partial charge is 0.126 e. The van der Waals surface area contributed by atoms with Crippen LogP contribution in [0.3, 0.4) is 0 Å². The van der Waals surface area contributed by atoms with Crippen LogP contribution in [0.1, 0.15) is 119 Å². The molecule has 0 bridgehead atoms. The molecule has 0 heterocycles. The lowest BCUT2D eigenvalue weighted by molar-refractivity contribution is -0.217. The van der Waals surface area contributed by atoms with Crippen molar-refractivity contribution in [2.75, 3.05) is 0 Å². The molecule has 9 atom stereocenters. The van der Waals surface area contributed by atoms with Crippen molar-refractivity contribution in [2.24, 2.45) is 51.2 Å². The summed E-state index contributed by atoms with van der Waals surface area (Å²) in [6, 6.07) is 0. The molecular formula is C31H52O2. The van der Waals surface area contributed by atoms with Gasteiger partial charge in [0.15, 0.2) is 0 Å². The van der Waals surface area contributed by atoms with E-state index < -0.39 is 0 Å². The molecule has 2 nitrogen and oxygen atoms in total. The molecule has 0 spiro atoms. The predicted octanol–water partition coefficient (Wildman–Crippen LogP) is 8.44. The molecule has 4 fully saturated rings. The monoisotopic (exact) mass is 456 g/mol. The van der Waals surface area contributed by atoms with Gasteiger partial charge in [0, 0.05) is 11.3 Å². The topological polar surface area (TPSA) is 34.1 Å². The molecule has 0 saturated heterocycles. The van der Waals surface area contributed by atoms with Gasteiger partial charge in [0.25, 0.3) is 0 Å². The fourth-order valence-corrected chi connectivity index (χ4v) is 10.1. The van der Waals surface area contributed by atoms with E-state index in [0.29, 0.717) is 28.6 Å². The van der Waals surface area contributed by atoms with Crippen molar-refractivity contribution in [3.05, 3.63) is 12.2 Å². The zero-order chi connectivity index (χ0) is 24.7. The van der Waals surface area contributed by atoms with Crippen LogP contribution in [0.25, 0.3) is 0 Å². The fraction of sp³-hybridized carbons (Fsp3) is 0.871. The Balaban J connectivity index is 0.000000709. The summed E-state index contributed by atoms with van der Waals surface area (Å²) in [4.78, 5) is 24.0. The molecule has 0 amide bonds. The van der Waals surface area contributed by atoms with Gasteiger partial charge >= 0.3 is 0 Å². The van der Waals surface area contributed by atoms with Crippen LogP contribution in [0.4, 0.5) is 0 Å². The predicted molar refractivity (Wildman–Crippen MR) is 139 cm³/mol. The molecule has 0 aromatic rings. The lowest BCUT2D eigenvalue weighted by Crippen LogP contribution is -2.64. The van der Waals surface area contributed by atoms with Crippen molar-refractivity contribution in [1.82, 2.24) is 0 Å². The molecular weight excluding hydrogens is 404 g/mol. The minimum atomic E-state index is 0.00330. The summed E-state index contributed by atoms with van der Waals surface area (Å²) in [5.74, 6) is 2.76. The number of rotatable bonds is 5. The van der Waals surface area contributed by atoms with Gasteiger partial charge in [-0.2, -0.15) is 0 Å². The first kappa shape index (κ1) is 26.7. The van der Waals surface area contributed by atoms with Gasteiger partial charge in [0.2, 0.25) is 0 Å². The van der Waals surface area contributed by atoms with Crippen LogP contribution in [-0.2, 0) is 9.59 Å². The lowest BCUT2D eigenvalue weighted by atomic mass is 9.34. The van der Waals surface area contributed by atoms with Crippen LogP contribution in [-0.4, -0.2) is 12.6 Å². The summed E-state index contributed by atoms with van der Waals surface area (Å²) in [5.41, 5.74) is 2.13. The molecule has 4 aliphatic rings. The number of aldehydes is 2. The van der Waals surface area contributed by atoms with Crippen molar-refractivity contribution < 1.29 is 9.59 Å². The number of fused-ring (bicyclic) bond motifs is 5. The molecule has 188 valence electrons. The molecule has 4 saturated carbocycles. The Kier molecular flexibility index (Phi) is 7.77. The number of carbonyl (C=O) groups is 2. The summed E-state index contributed by atoms with van der Waals surface area (Å²) < 4.78 is 0. The summed E-state index contributed by atoms with van der Waals surface area (Å²) in [6.45, 7) is 19.8. The number of hydrogen-bond donors (Lipinski definition) is 0. The average Bonchev–Trinajstić information content (AvgIpc) is 3.18. The molecule has 4 aliphatic carbocycles. The largest absolute Gasteiger partial charge is 0.303 e. The van der Waals surface area contributed by atoms with Crippen molar-refractivity contribution in [3.63, 3.8) is 0 Å². The highest BCUT2D eigenvalue weighted by molar-refractivity contribution is 5.61. The van der Waals surface area contributed by atoms with Crippen LogP contribution in [0.2, 0.25) is 0 Å². The summed E-state index contributed by atoms with van der Waals surface area (Å²) >= 11 is 0. The third kappa shape index (κ3) is 4.10. The van der Waals surface area contributed by atoms with Gasteiger partial charge in [-0.05, 0) is 112 Å². The first-order valence-electron chi connectivity index (χ1n) is 14.0. The number of hydrogen-bond acceptors (Lipinski definition) is 2. The first-order chi connectivity index (χ1) is 15.5. The maximum atomic E-state index is 12.2. The van der Waals surface area contributed by atoms with E-state index in [9.17, 15) is 9.59 Å². The second-order valence-electron chi connectivity index (χ2n) is 13.5. The maximum absolute atomic E-state index is 12.2. The summed E-state index contributed by atoms with van der Waals surface area (Å²) in [7, 11) is 0. The van der Waals surface area contributed by atoms with E-state index in [1.165, 1.54) is 75.9 Å². The van der Waals surface area contributed by atoms with Gasteiger partial charge in [-0.1, -0.05) is 53.0 Å². The Morgan fingerprint density at radius 2 is 1.61 bits per heavy atom. The minimum Gasteiger partial charge on any atom is -0.303 e. The van der Waals surface area contributed by atoms with Crippen LogP contribution in [0.5, 0.6) is 0 Å². The second-order valence-corrected chi connectivity index (χ2v) is 13.5. The van der Waals surface area contributed by atoms with Crippen molar-refractivity contribution >= 4 is 12.6 Å². The fourth-order valence-electron chi connectivity index (χ4n) is 10.1. The second kappa shape index (κ2) is 9.62. The Hall–Kier alpha value is -0.920. The van der Waals surface area contributed by atoms with Gasteiger partial charge in [-0.15, -0.1) is 6.58 Å². The Bertz CT molecular complexity index is 737. The van der Waals surface area contributed by atoms with E-state index in [0.717, 1.165) is 18.8 Å². The van der Waals surface area contributed by atoms with Gasteiger partial charge in [-0.3, -0.25) is 0 Å². The molecule has 0 aliphatic heterocycles. The molecule has 4 rings (SSSR count). The molecule has 0 radical (unpaired) electrons.